The van der Waals surface area contributed by atoms with Crippen LogP contribution in [0.25, 0.3) is 0 Å². The minimum absolute atomic E-state index is 0.146. The molecule has 1 aromatic carbocycles. The predicted molar refractivity (Wildman–Crippen MR) is 119 cm³/mol. The van der Waals surface area contributed by atoms with Gasteiger partial charge in [0.15, 0.2) is 22.0 Å². The molecule has 4 bridgehead atoms. The molecule has 4 aliphatic carbocycles. The molecule has 0 radical (unpaired) electrons. The Labute approximate surface area is 212 Å². The molecular formula is C22H21F3IO8S-. The highest BCUT2D eigenvalue weighted by atomic mass is 127. The van der Waals surface area contributed by atoms with E-state index in [0.717, 1.165) is 3.57 Å². The Bertz CT molecular complexity index is 1170. The minimum atomic E-state index is -6.19. The van der Waals surface area contributed by atoms with Gasteiger partial charge in [-0.3, -0.25) is 4.79 Å². The van der Waals surface area contributed by atoms with Crippen LogP contribution in [0, 0.1) is 26.7 Å². The minimum Gasteiger partial charge on any atom is -0.743 e. The lowest BCUT2D eigenvalue weighted by Gasteiger charge is -2.62. The first-order chi connectivity index (χ1) is 16.3. The largest absolute Gasteiger partial charge is 0.743 e. The van der Waals surface area contributed by atoms with E-state index in [0.29, 0.717) is 30.6 Å². The predicted octanol–water partition coefficient (Wildman–Crippen LogP) is 3.77. The van der Waals surface area contributed by atoms with Crippen molar-refractivity contribution < 1.29 is 49.9 Å². The van der Waals surface area contributed by atoms with Crippen molar-refractivity contribution in [3.05, 3.63) is 27.3 Å². The molecule has 35 heavy (non-hydrogen) atoms. The number of benzene rings is 1. The number of ether oxygens (including phenoxy) is 3. The third-order valence-corrected chi connectivity index (χ3v) is 9.54. The van der Waals surface area contributed by atoms with Gasteiger partial charge in [0.05, 0.1) is 15.6 Å². The topological polar surface area (TPSA) is 119 Å². The second-order valence-electron chi connectivity index (χ2n) is 9.86. The van der Waals surface area contributed by atoms with Crippen LogP contribution in [0.2, 0.25) is 0 Å². The van der Waals surface area contributed by atoms with Crippen molar-refractivity contribution in [2.24, 2.45) is 23.2 Å². The summed E-state index contributed by atoms with van der Waals surface area (Å²) in [5.74, 6) is -2.37. The Morgan fingerprint density at radius 3 is 2.51 bits per heavy atom. The third kappa shape index (κ3) is 3.83. The van der Waals surface area contributed by atoms with Gasteiger partial charge in [0.25, 0.3) is 5.79 Å². The van der Waals surface area contributed by atoms with Gasteiger partial charge in [0.2, 0.25) is 0 Å². The van der Waals surface area contributed by atoms with E-state index in [1.54, 1.807) is 12.1 Å². The molecule has 0 saturated heterocycles. The maximum atomic E-state index is 13.7. The van der Waals surface area contributed by atoms with Crippen molar-refractivity contribution in [2.45, 2.75) is 55.7 Å². The lowest BCUT2D eigenvalue weighted by atomic mass is 9.47. The first-order valence-corrected chi connectivity index (χ1v) is 13.6. The van der Waals surface area contributed by atoms with Gasteiger partial charge < -0.3 is 18.8 Å². The van der Waals surface area contributed by atoms with E-state index in [9.17, 15) is 35.7 Å². The van der Waals surface area contributed by atoms with Crippen molar-refractivity contribution in [3.8, 4) is 5.75 Å². The normalized spacial score (nSPS) is 34.2. The summed E-state index contributed by atoms with van der Waals surface area (Å²) in [7, 11) is -6.19. The zero-order valence-corrected chi connectivity index (χ0v) is 21.2. The van der Waals surface area contributed by atoms with Crippen LogP contribution in [-0.4, -0.2) is 48.7 Å². The summed E-state index contributed by atoms with van der Waals surface area (Å²) in [5.41, 5.74) is -0.622. The second kappa shape index (κ2) is 8.20. The molecule has 13 heteroatoms. The van der Waals surface area contributed by atoms with Crippen molar-refractivity contribution in [1.29, 1.82) is 0 Å². The maximum absolute atomic E-state index is 13.7. The molecule has 3 atom stereocenters. The molecule has 4 fully saturated rings. The zero-order chi connectivity index (χ0) is 25.4. The third-order valence-electron chi connectivity index (χ3n) is 7.76. The maximum Gasteiger partial charge on any atom is 0.364 e. The standard InChI is InChI=1S/C22H22F3IO8S/c23-16(22(24,25)35(29,30)31)4-5-32-19(28)20-8-11-6-12(9-20)21(13(7-11)10-20)33-17-14(18(27)34-21)2-1-3-15(17)26/h1-3,11-13,16H,4-10H2,(H,29,30,31)/p-1. The summed E-state index contributed by atoms with van der Waals surface area (Å²) in [6.07, 6.45) is -2.00. The fourth-order valence-electron chi connectivity index (χ4n) is 6.40. The highest BCUT2D eigenvalue weighted by Crippen LogP contribution is 2.66. The molecule has 5 aliphatic rings. The molecule has 1 aromatic rings. The fourth-order valence-corrected chi connectivity index (χ4v) is 7.44. The Kier molecular flexibility index (Phi) is 5.87. The van der Waals surface area contributed by atoms with Gasteiger partial charge in [-0.1, -0.05) is 6.07 Å². The molecule has 3 unspecified atom stereocenters. The number of fused-ring (bicyclic) bond motifs is 1. The molecule has 8 nitrogen and oxygen atoms in total. The number of alkyl halides is 3. The number of carbonyl (C=O) groups is 2. The van der Waals surface area contributed by atoms with E-state index in [1.165, 1.54) is 0 Å². The van der Waals surface area contributed by atoms with Crippen molar-refractivity contribution in [1.82, 2.24) is 0 Å². The van der Waals surface area contributed by atoms with Crippen LogP contribution in [0.15, 0.2) is 18.2 Å². The van der Waals surface area contributed by atoms with Gasteiger partial charge >= 0.3 is 17.2 Å². The van der Waals surface area contributed by atoms with E-state index < -0.39 is 57.7 Å². The van der Waals surface area contributed by atoms with E-state index in [1.807, 2.05) is 6.07 Å². The average Bonchev–Trinajstić information content (AvgIpc) is 2.77. The van der Waals surface area contributed by atoms with Gasteiger partial charge in [-0.05, 0) is 72.7 Å². The first-order valence-electron chi connectivity index (χ1n) is 11.1. The van der Waals surface area contributed by atoms with E-state index in [-0.39, 0.29) is 30.6 Å². The van der Waals surface area contributed by atoms with Gasteiger partial charge in [0.1, 0.15) is 5.56 Å². The van der Waals surface area contributed by atoms with Crippen molar-refractivity contribution in [3.63, 3.8) is 0 Å². The van der Waals surface area contributed by atoms with Crippen LogP contribution in [0.3, 0.4) is 0 Å². The molecule has 6 rings (SSSR count). The number of halogens is 4. The van der Waals surface area contributed by atoms with Crippen LogP contribution in [0.5, 0.6) is 5.75 Å². The summed E-state index contributed by atoms with van der Waals surface area (Å²) < 4.78 is 90.4. The second-order valence-corrected chi connectivity index (χ2v) is 12.5. The number of hydrogen-bond donors (Lipinski definition) is 0. The molecular weight excluding hydrogens is 608 g/mol. The van der Waals surface area contributed by atoms with Gasteiger partial charge in [-0.2, -0.15) is 8.78 Å². The Hall–Kier alpha value is -1.61. The van der Waals surface area contributed by atoms with E-state index in [2.05, 4.69) is 22.6 Å². The lowest BCUT2D eigenvalue weighted by molar-refractivity contribution is -0.294. The quantitative estimate of drug-likeness (QED) is 0.265. The van der Waals surface area contributed by atoms with Crippen LogP contribution >= 0.6 is 22.6 Å². The molecule has 0 amide bonds. The number of carbonyl (C=O) groups excluding carboxylic acids is 2. The van der Waals surface area contributed by atoms with E-state index in [4.69, 9.17) is 14.2 Å². The molecule has 0 aromatic heterocycles. The SMILES string of the molecule is O=C1OC2(Oc3c(I)cccc31)C1CC3CC2CC(C(=O)OCCC(F)C(F)(F)S(=O)(=O)[O-])(C3)C1. The van der Waals surface area contributed by atoms with Crippen molar-refractivity contribution >= 4 is 44.6 Å². The van der Waals surface area contributed by atoms with Crippen LogP contribution in [-0.2, 0) is 24.4 Å². The summed E-state index contributed by atoms with van der Waals surface area (Å²) in [4.78, 5) is 25.9. The monoisotopic (exact) mass is 629 g/mol. The van der Waals surface area contributed by atoms with Crippen LogP contribution < -0.4 is 4.74 Å². The molecule has 192 valence electrons. The number of para-hydroxylation sites is 1. The van der Waals surface area contributed by atoms with E-state index >= 15 is 0 Å². The average molecular weight is 629 g/mol. The van der Waals surface area contributed by atoms with Gasteiger partial charge in [0, 0.05) is 18.3 Å². The van der Waals surface area contributed by atoms with Crippen LogP contribution in [0.4, 0.5) is 13.2 Å². The summed E-state index contributed by atoms with van der Waals surface area (Å²) in [6, 6.07) is 5.18. The fraction of sp³-hybridized carbons (Fsp3) is 0.636. The molecule has 1 aliphatic heterocycles. The molecule has 4 saturated carbocycles. The number of esters is 2. The van der Waals surface area contributed by atoms with Crippen LogP contribution in [0.1, 0.15) is 48.9 Å². The smallest absolute Gasteiger partial charge is 0.364 e. The molecule has 0 N–H and O–H groups in total. The zero-order valence-electron chi connectivity index (χ0n) is 18.2. The van der Waals surface area contributed by atoms with Gasteiger partial charge in [-0.15, -0.1) is 0 Å². The van der Waals surface area contributed by atoms with Crippen molar-refractivity contribution in [2.75, 3.05) is 6.61 Å². The number of hydrogen-bond acceptors (Lipinski definition) is 8. The van der Waals surface area contributed by atoms with Gasteiger partial charge in [-0.25, -0.2) is 17.6 Å². The summed E-state index contributed by atoms with van der Waals surface area (Å²) in [5, 5.41) is -5.11. The highest BCUT2D eigenvalue weighted by Gasteiger charge is 2.69. The first kappa shape index (κ1) is 25.1. The highest BCUT2D eigenvalue weighted by molar-refractivity contribution is 14.1. The lowest BCUT2D eigenvalue weighted by Crippen LogP contribution is -2.67. The molecule has 1 spiro atoms. The Morgan fingerprint density at radius 2 is 1.89 bits per heavy atom. The summed E-state index contributed by atoms with van der Waals surface area (Å²) in [6.45, 7) is -0.797. The summed E-state index contributed by atoms with van der Waals surface area (Å²) >= 11 is 2.09. The molecule has 1 heterocycles. The Balaban J connectivity index is 1.31. The Morgan fingerprint density at radius 1 is 1.23 bits per heavy atom. The number of rotatable bonds is 6.